The third-order valence-electron chi connectivity index (χ3n) is 3.89. The van der Waals surface area contributed by atoms with Crippen LogP contribution in [0.4, 0.5) is 11.5 Å². The Balaban J connectivity index is 1.97. The molecule has 1 aromatic carbocycles. The molecule has 0 saturated heterocycles. The SMILES string of the molecule is CN(C)c1ccc2nc(-c3cccnc3)nc(NCCOCCO)c2c1. The number of ether oxygens (including phenoxy) is 1. The van der Waals surface area contributed by atoms with E-state index < -0.39 is 0 Å². The monoisotopic (exact) mass is 353 g/mol. The summed E-state index contributed by atoms with van der Waals surface area (Å²) >= 11 is 0. The molecule has 26 heavy (non-hydrogen) atoms. The number of nitrogens with one attached hydrogen (secondary N) is 1. The summed E-state index contributed by atoms with van der Waals surface area (Å²) in [4.78, 5) is 15.6. The highest BCUT2D eigenvalue weighted by Gasteiger charge is 2.11. The molecule has 0 atom stereocenters. The van der Waals surface area contributed by atoms with Crippen molar-refractivity contribution in [3.63, 3.8) is 0 Å². The number of fused-ring (bicyclic) bond motifs is 1. The van der Waals surface area contributed by atoms with Gasteiger partial charge in [0.2, 0.25) is 0 Å². The Hall–Kier alpha value is -2.77. The molecule has 0 bridgehead atoms. The first-order valence-corrected chi connectivity index (χ1v) is 8.51. The van der Waals surface area contributed by atoms with Crippen molar-refractivity contribution in [2.24, 2.45) is 0 Å². The Kier molecular flexibility index (Phi) is 5.93. The van der Waals surface area contributed by atoms with Gasteiger partial charge in [0.25, 0.3) is 0 Å². The van der Waals surface area contributed by atoms with Crippen molar-refractivity contribution in [2.45, 2.75) is 0 Å². The summed E-state index contributed by atoms with van der Waals surface area (Å²) in [5.74, 6) is 1.38. The number of aliphatic hydroxyl groups is 1. The minimum atomic E-state index is 0.0216. The Bertz CT molecular complexity index is 855. The maximum absolute atomic E-state index is 8.79. The lowest BCUT2D eigenvalue weighted by molar-refractivity contribution is 0.0992. The topological polar surface area (TPSA) is 83.4 Å². The minimum Gasteiger partial charge on any atom is -0.394 e. The van der Waals surface area contributed by atoms with Gasteiger partial charge >= 0.3 is 0 Å². The van der Waals surface area contributed by atoms with E-state index in [4.69, 9.17) is 19.8 Å². The highest BCUT2D eigenvalue weighted by molar-refractivity contribution is 5.93. The molecule has 3 rings (SSSR count). The number of benzene rings is 1. The highest BCUT2D eigenvalue weighted by Crippen LogP contribution is 2.27. The Morgan fingerprint density at radius 1 is 1.15 bits per heavy atom. The summed E-state index contributed by atoms with van der Waals surface area (Å²) in [6, 6.07) is 9.92. The molecule has 0 saturated carbocycles. The molecule has 0 amide bonds. The number of aromatic nitrogens is 3. The van der Waals surface area contributed by atoms with Crippen LogP contribution in [0.1, 0.15) is 0 Å². The fourth-order valence-corrected chi connectivity index (χ4v) is 2.56. The standard InChI is InChI=1S/C19H23N5O2/c1-24(2)15-5-6-17-16(12-15)19(21-8-10-26-11-9-25)23-18(22-17)14-4-3-7-20-13-14/h3-7,12-13,25H,8-11H2,1-2H3,(H,21,22,23). The van der Waals surface area contributed by atoms with E-state index in [2.05, 4.69) is 16.4 Å². The fourth-order valence-electron chi connectivity index (χ4n) is 2.56. The van der Waals surface area contributed by atoms with Gasteiger partial charge in [-0.05, 0) is 30.3 Å². The summed E-state index contributed by atoms with van der Waals surface area (Å²) in [6.45, 7) is 1.43. The Morgan fingerprint density at radius 2 is 2.04 bits per heavy atom. The summed E-state index contributed by atoms with van der Waals surface area (Å²) in [5.41, 5.74) is 2.81. The van der Waals surface area contributed by atoms with Crippen LogP contribution < -0.4 is 10.2 Å². The Morgan fingerprint density at radius 3 is 2.77 bits per heavy atom. The van der Waals surface area contributed by atoms with Gasteiger partial charge in [0.05, 0.1) is 25.3 Å². The summed E-state index contributed by atoms with van der Waals surface area (Å²) in [5, 5.41) is 13.1. The van der Waals surface area contributed by atoms with E-state index in [0.717, 1.165) is 28.0 Å². The molecule has 0 radical (unpaired) electrons. The van der Waals surface area contributed by atoms with Crippen LogP contribution in [0.3, 0.4) is 0 Å². The summed E-state index contributed by atoms with van der Waals surface area (Å²) in [7, 11) is 4.00. The molecule has 0 aliphatic carbocycles. The van der Waals surface area contributed by atoms with Crippen LogP contribution in [0.2, 0.25) is 0 Å². The first-order valence-electron chi connectivity index (χ1n) is 8.51. The quantitative estimate of drug-likeness (QED) is 0.601. The summed E-state index contributed by atoms with van der Waals surface area (Å²) < 4.78 is 5.32. The van der Waals surface area contributed by atoms with Crippen LogP contribution in [0.15, 0.2) is 42.7 Å². The Labute approximate surface area is 152 Å². The molecule has 0 fully saturated rings. The van der Waals surface area contributed by atoms with Crippen LogP contribution in [-0.4, -0.2) is 60.5 Å². The average Bonchev–Trinajstić information content (AvgIpc) is 2.67. The predicted octanol–water partition coefficient (Wildman–Crippen LogP) is 2.18. The van der Waals surface area contributed by atoms with Crippen LogP contribution in [-0.2, 0) is 4.74 Å². The first-order chi connectivity index (χ1) is 12.7. The molecule has 2 N–H and O–H groups in total. The van der Waals surface area contributed by atoms with Gasteiger partial charge in [-0.3, -0.25) is 4.98 Å². The molecular weight excluding hydrogens is 330 g/mol. The molecule has 3 aromatic rings. The van der Waals surface area contributed by atoms with Gasteiger partial charge in [0.1, 0.15) is 5.82 Å². The molecule has 2 aromatic heterocycles. The van der Waals surface area contributed by atoms with E-state index >= 15 is 0 Å². The smallest absolute Gasteiger partial charge is 0.163 e. The first kappa shape index (κ1) is 18.0. The molecule has 0 unspecified atom stereocenters. The van der Waals surface area contributed by atoms with Gasteiger partial charge in [-0.15, -0.1) is 0 Å². The van der Waals surface area contributed by atoms with E-state index in [-0.39, 0.29) is 6.61 Å². The van der Waals surface area contributed by atoms with Crippen molar-refractivity contribution in [3.8, 4) is 11.4 Å². The van der Waals surface area contributed by atoms with E-state index in [1.54, 1.807) is 12.4 Å². The maximum atomic E-state index is 8.79. The number of hydrogen-bond acceptors (Lipinski definition) is 7. The van der Waals surface area contributed by atoms with Crippen molar-refractivity contribution in [1.29, 1.82) is 0 Å². The fraction of sp³-hybridized carbons (Fsp3) is 0.316. The van der Waals surface area contributed by atoms with Crippen LogP contribution in [0.5, 0.6) is 0 Å². The number of hydrogen-bond donors (Lipinski definition) is 2. The van der Waals surface area contributed by atoms with Gasteiger partial charge in [0, 0.05) is 49.7 Å². The van der Waals surface area contributed by atoms with E-state index in [1.165, 1.54) is 0 Å². The van der Waals surface area contributed by atoms with Gasteiger partial charge in [0.15, 0.2) is 5.82 Å². The zero-order valence-electron chi connectivity index (χ0n) is 15.0. The molecule has 7 nitrogen and oxygen atoms in total. The lowest BCUT2D eigenvalue weighted by atomic mass is 10.2. The molecule has 0 aliphatic heterocycles. The van der Waals surface area contributed by atoms with Crippen LogP contribution in [0, 0.1) is 0 Å². The van der Waals surface area contributed by atoms with Gasteiger partial charge in [-0.2, -0.15) is 0 Å². The normalized spacial score (nSPS) is 10.9. The molecule has 2 heterocycles. The van der Waals surface area contributed by atoms with E-state index in [1.807, 2.05) is 43.3 Å². The second-order valence-corrected chi connectivity index (χ2v) is 6.00. The van der Waals surface area contributed by atoms with Crippen molar-refractivity contribution >= 4 is 22.4 Å². The third-order valence-corrected chi connectivity index (χ3v) is 3.89. The largest absolute Gasteiger partial charge is 0.394 e. The molecule has 7 heteroatoms. The maximum Gasteiger partial charge on any atom is 0.163 e. The average molecular weight is 353 g/mol. The van der Waals surface area contributed by atoms with Gasteiger partial charge < -0.3 is 20.1 Å². The second kappa shape index (κ2) is 8.55. The van der Waals surface area contributed by atoms with Gasteiger partial charge in [-0.25, -0.2) is 9.97 Å². The van der Waals surface area contributed by atoms with E-state index in [0.29, 0.717) is 25.6 Å². The van der Waals surface area contributed by atoms with Crippen molar-refractivity contribution < 1.29 is 9.84 Å². The number of pyridine rings is 1. The zero-order valence-corrected chi connectivity index (χ0v) is 15.0. The predicted molar refractivity (Wildman–Crippen MR) is 103 cm³/mol. The second-order valence-electron chi connectivity index (χ2n) is 6.00. The molecule has 0 spiro atoms. The number of nitrogens with zero attached hydrogens (tertiary/aromatic N) is 4. The summed E-state index contributed by atoms with van der Waals surface area (Å²) in [6.07, 6.45) is 3.48. The van der Waals surface area contributed by atoms with E-state index in [9.17, 15) is 0 Å². The van der Waals surface area contributed by atoms with Crippen molar-refractivity contribution in [2.75, 3.05) is 50.7 Å². The minimum absolute atomic E-state index is 0.0216. The molecule has 0 aliphatic rings. The molecule has 136 valence electrons. The third kappa shape index (κ3) is 4.25. The van der Waals surface area contributed by atoms with Crippen LogP contribution in [0.25, 0.3) is 22.3 Å². The lowest BCUT2D eigenvalue weighted by Gasteiger charge is -2.15. The highest BCUT2D eigenvalue weighted by atomic mass is 16.5. The number of rotatable bonds is 8. The zero-order chi connectivity index (χ0) is 18.4. The number of anilines is 2. The molecular formula is C19H23N5O2. The lowest BCUT2D eigenvalue weighted by Crippen LogP contribution is -2.13. The number of aliphatic hydroxyl groups excluding tert-OH is 1. The van der Waals surface area contributed by atoms with Crippen molar-refractivity contribution in [1.82, 2.24) is 15.0 Å². The van der Waals surface area contributed by atoms with Gasteiger partial charge in [-0.1, -0.05) is 0 Å². The van der Waals surface area contributed by atoms with Crippen molar-refractivity contribution in [3.05, 3.63) is 42.7 Å². The van der Waals surface area contributed by atoms with Crippen LogP contribution >= 0.6 is 0 Å².